The zero-order valence-electron chi connectivity index (χ0n) is 68.4. The largest absolute Gasteiger partial charge is 0.396 e. The van der Waals surface area contributed by atoms with Crippen LogP contribution in [0.2, 0.25) is 0 Å². The third-order valence-corrected chi connectivity index (χ3v) is 31.7. The highest BCUT2D eigenvalue weighted by Gasteiger charge is 2.38. The number of sulfonamides is 6. The highest BCUT2D eigenvalue weighted by Crippen LogP contribution is 2.41. The molecule has 8 aliphatic heterocycles. The summed E-state index contributed by atoms with van der Waals surface area (Å²) >= 11 is 0. The number of anilines is 14. The Morgan fingerprint density at radius 2 is 0.703 bits per heavy atom. The van der Waals surface area contributed by atoms with Crippen molar-refractivity contribution in [1.82, 2.24) is 4.90 Å². The van der Waals surface area contributed by atoms with Crippen LogP contribution >= 0.6 is 0 Å². The lowest BCUT2D eigenvalue weighted by molar-refractivity contribution is 0.183. The lowest BCUT2D eigenvalue weighted by atomic mass is 10.1. The van der Waals surface area contributed by atoms with Gasteiger partial charge < -0.3 is 72.2 Å². The van der Waals surface area contributed by atoms with Crippen molar-refractivity contribution in [2.24, 2.45) is 0 Å². The topological polar surface area (TPSA) is 423 Å². The van der Waals surface area contributed by atoms with Crippen molar-refractivity contribution in [3.05, 3.63) is 166 Å². The Bertz CT molecular complexity index is 5270. The number of rotatable bonds is 20. The van der Waals surface area contributed by atoms with Crippen molar-refractivity contribution < 1.29 is 80.1 Å². The Balaban J connectivity index is 0.000000157. The van der Waals surface area contributed by atoms with E-state index < -0.39 is 60.1 Å². The molecule has 15 rings (SSSR count). The monoisotopic (exact) mass is 1750 g/mol. The van der Waals surface area contributed by atoms with Crippen LogP contribution in [-0.2, 0) is 115 Å². The maximum absolute atomic E-state index is 12.2. The predicted octanol–water partition coefficient (Wildman–Crippen LogP) is 6.66. The number of β-amino-alcohol motifs (C(OH)–C–C–N with tert-alkyl or cyclic N) is 2. The Labute approximate surface area is 695 Å². The SMILES string of the molecule is CCN1c2cccc(NC)c2CCS1(=O)=O.CNc1cccc2c1CCS(=O)(=O)N2C.CNc1cccc2c1CCS(=O)(=O)N2CCCO.CNc1cccc2c1CCS(=O)(=O)N2CCO.CNc1cccc2c1CCS(=O)(=O)N2CCOC.CNc1cccc2c1CCS(=O)(=O)N2C[C@H]1CO1.CNc1cccc2c1CN(CCO)C(=O)N2. The number of hydrogen-bond donors (Lipinski definition) is 11. The number of methoxy groups -OCH3 is 1. The summed E-state index contributed by atoms with van der Waals surface area (Å²) < 4.78 is 162. The average Bonchev–Trinajstić information content (AvgIpc) is 1.32. The van der Waals surface area contributed by atoms with Crippen molar-refractivity contribution in [1.29, 1.82) is 0 Å². The second-order valence-electron chi connectivity index (χ2n) is 28.0. The molecule has 0 aliphatic carbocycles. The molecule has 7 aromatic rings. The molecule has 1 fully saturated rings. The smallest absolute Gasteiger partial charge is 0.322 e. The molecule has 2 amide bonds. The van der Waals surface area contributed by atoms with Gasteiger partial charge in [-0.15, -0.1) is 0 Å². The van der Waals surface area contributed by atoms with E-state index in [2.05, 4.69) is 42.5 Å². The van der Waals surface area contributed by atoms with Crippen LogP contribution in [-0.4, -0.2) is 253 Å². The summed E-state index contributed by atoms with van der Waals surface area (Å²) in [5, 5.41) is 51.2. The van der Waals surface area contributed by atoms with Crippen molar-refractivity contribution in [2.45, 2.75) is 64.5 Å². The van der Waals surface area contributed by atoms with Crippen molar-refractivity contribution in [3.8, 4) is 0 Å². The summed E-state index contributed by atoms with van der Waals surface area (Å²) in [6.07, 6.45) is 3.84. The van der Waals surface area contributed by atoms with Gasteiger partial charge in [-0.05, 0) is 137 Å². The maximum Gasteiger partial charge on any atom is 0.322 e. The molecule has 39 heteroatoms. The molecule has 0 bridgehead atoms. The number of urea groups is 1. The van der Waals surface area contributed by atoms with Crippen LogP contribution < -0.4 is 68.4 Å². The van der Waals surface area contributed by atoms with Gasteiger partial charge in [0.05, 0.1) is 127 Å². The average molecular weight is 1750 g/mol. The van der Waals surface area contributed by atoms with Crippen LogP contribution in [0.15, 0.2) is 127 Å². The second-order valence-corrected chi connectivity index (χ2v) is 40.2. The normalized spacial score (nSPS) is 18.3. The molecule has 1 atom stereocenters. The number of epoxide rings is 1. The van der Waals surface area contributed by atoms with Gasteiger partial charge in [-0.1, -0.05) is 42.5 Å². The first-order valence-corrected chi connectivity index (χ1v) is 48.5. The summed E-state index contributed by atoms with van der Waals surface area (Å²) in [7, 11) is -3.05. The zero-order valence-corrected chi connectivity index (χ0v) is 73.3. The van der Waals surface area contributed by atoms with Crippen LogP contribution in [0.4, 0.5) is 84.4 Å². The van der Waals surface area contributed by atoms with E-state index in [9.17, 15) is 55.3 Å². The van der Waals surface area contributed by atoms with Crippen LogP contribution in [0.1, 0.15) is 52.3 Å². The lowest BCUT2D eigenvalue weighted by Gasteiger charge is -2.31. The van der Waals surface area contributed by atoms with Gasteiger partial charge in [-0.2, -0.15) is 0 Å². The molecule has 33 nitrogen and oxygen atoms in total. The van der Waals surface area contributed by atoms with E-state index in [4.69, 9.17) is 24.8 Å². The molecule has 0 unspecified atom stereocenters. The molecule has 0 saturated carbocycles. The highest BCUT2D eigenvalue weighted by atomic mass is 32.2. The zero-order chi connectivity index (χ0) is 85.9. The molecule has 648 valence electrons. The molecule has 8 aliphatic rings. The number of carbonyl (C=O) groups excluding carboxylic acids is 1. The Hall–Kier alpha value is -9.29. The minimum atomic E-state index is -3.28. The fourth-order valence-corrected chi connectivity index (χ4v) is 23.8. The van der Waals surface area contributed by atoms with Gasteiger partial charge in [-0.25, -0.2) is 55.3 Å². The summed E-state index contributed by atoms with van der Waals surface area (Å²) in [5.74, 6) is 0.943. The highest BCUT2D eigenvalue weighted by molar-refractivity contribution is 7.94. The molecule has 0 radical (unpaired) electrons. The van der Waals surface area contributed by atoms with E-state index in [0.717, 1.165) is 113 Å². The summed E-state index contributed by atoms with van der Waals surface area (Å²) in [6, 6.07) is 39.5. The van der Waals surface area contributed by atoms with Crippen molar-refractivity contribution >= 4 is 146 Å². The molecule has 8 heterocycles. The Morgan fingerprint density at radius 1 is 0.398 bits per heavy atom. The molecular weight excluding hydrogens is 1640 g/mol. The molecule has 0 aromatic heterocycles. The number of fused-ring (bicyclic) bond motifs is 7. The van der Waals surface area contributed by atoms with E-state index in [-0.39, 0.29) is 73.0 Å². The van der Waals surface area contributed by atoms with Gasteiger partial charge in [0, 0.05) is 174 Å². The lowest BCUT2D eigenvalue weighted by Crippen LogP contribution is -2.40. The molecule has 11 N–H and O–H groups in total. The number of benzene rings is 7. The number of aliphatic hydroxyl groups is 3. The molecule has 1 saturated heterocycles. The van der Waals surface area contributed by atoms with Gasteiger partial charge in [-0.3, -0.25) is 25.8 Å². The third-order valence-electron chi connectivity index (χ3n) is 21.0. The fraction of sp³-hybridized carbons (Fsp3) is 0.456. The van der Waals surface area contributed by atoms with E-state index in [1.807, 2.05) is 178 Å². The van der Waals surface area contributed by atoms with Crippen LogP contribution in [0, 0.1) is 0 Å². The maximum atomic E-state index is 12.2. The first-order valence-electron chi connectivity index (χ1n) is 38.9. The van der Waals surface area contributed by atoms with Crippen molar-refractivity contribution in [2.75, 3.05) is 239 Å². The number of nitrogens with zero attached hydrogens (tertiary/aromatic N) is 7. The predicted molar refractivity (Wildman–Crippen MR) is 475 cm³/mol. The van der Waals surface area contributed by atoms with Crippen molar-refractivity contribution in [3.63, 3.8) is 0 Å². The summed E-state index contributed by atoms with van der Waals surface area (Å²) in [6.45, 7) is 5.31. The van der Waals surface area contributed by atoms with Crippen LogP contribution in [0.25, 0.3) is 0 Å². The second kappa shape index (κ2) is 41.1. The van der Waals surface area contributed by atoms with Gasteiger partial charge >= 0.3 is 6.03 Å². The van der Waals surface area contributed by atoms with Gasteiger partial charge in [0.2, 0.25) is 60.1 Å². The van der Waals surface area contributed by atoms with Crippen LogP contribution in [0.5, 0.6) is 0 Å². The van der Waals surface area contributed by atoms with Gasteiger partial charge in [0.25, 0.3) is 0 Å². The number of nitrogens with one attached hydrogen (secondary N) is 8. The van der Waals surface area contributed by atoms with E-state index in [1.54, 1.807) is 25.1 Å². The fourth-order valence-electron chi connectivity index (χ4n) is 14.9. The van der Waals surface area contributed by atoms with E-state index >= 15 is 0 Å². The molecule has 7 aromatic carbocycles. The number of carbonyl (C=O) groups is 1. The number of hydrogen-bond acceptors (Lipinski definition) is 25. The molecule has 0 spiro atoms. The van der Waals surface area contributed by atoms with E-state index in [0.29, 0.717) is 103 Å². The molecule has 118 heavy (non-hydrogen) atoms. The van der Waals surface area contributed by atoms with Gasteiger partial charge in [0.1, 0.15) is 0 Å². The quantitative estimate of drug-likeness (QED) is 0.0355. The molecular formula is C79H113N15O18S6. The summed E-state index contributed by atoms with van der Waals surface area (Å²) in [4.78, 5) is 13.2. The first kappa shape index (κ1) is 92.6. The summed E-state index contributed by atoms with van der Waals surface area (Å²) in [5.41, 5.74) is 19.8. The number of ether oxygens (including phenoxy) is 2. The Kier molecular flexibility index (Phi) is 32.3. The standard InChI is InChI=1S/C12H16N2O3S.2C12H18N2O3S.C11H15N3O2.C11H16N2O3S.C11H16N2O2S.C10H14N2O2S/c1-13-11-3-2-4-12-10(11)5-6-18(15,16)14(12)7-9-8-17-9;1-13-11-4-3-5-12-10(11)6-9-18(15,16)14(12)7-8-17-2;1-13-11-4-2-5-12-10(11)6-9-18(16,17)14(12)7-3-8-15;1-12-9-3-2-4-10-8(9)7-14(5-6-15)11(16)13-10;1-12-10-3-2-4-11-9(10)5-8-17(15,16)13(11)6-7-14;1-3-13-11-6-4-5-10(12-2)9(11)7-8-16(13,14)15;1-11-9-4-3-5-10-8(9)6-7-15(13,14)12(10)2/h2-4,9,13H,5-8H2,1H3;3-5,13H,6-9H2,1-2H3;2,4-5,13,15H,3,6-9H2,1H3;2-4,12,15H,5-7H2,1H3,(H,13,16);2-4,12,14H,5-8H2,1H3;4-6,12H,3,7-8H2,1-2H3;3-5,11H,6-7H2,1-2H3/t9-;;;;;;/m0....../s1. The first-order chi connectivity index (χ1) is 56.3. The Morgan fingerprint density at radius 3 is 1.05 bits per heavy atom. The minimum absolute atomic E-state index is 0.00687. The third kappa shape index (κ3) is 21.8. The van der Waals surface area contributed by atoms with E-state index in [1.165, 1.54) is 25.8 Å². The van der Waals surface area contributed by atoms with Crippen LogP contribution in [0.3, 0.4) is 0 Å². The minimum Gasteiger partial charge on any atom is -0.396 e. The number of amides is 2. The number of aliphatic hydroxyl groups excluding tert-OH is 3. The van der Waals surface area contributed by atoms with Gasteiger partial charge in [0.15, 0.2) is 0 Å².